The van der Waals surface area contributed by atoms with Crippen LogP contribution in [-0.4, -0.2) is 18.3 Å². The molecule has 2 nitrogen and oxygen atoms in total. The Labute approximate surface area is 107 Å². The van der Waals surface area contributed by atoms with Gasteiger partial charge in [0, 0.05) is 0 Å². The Hall–Kier alpha value is 1.06. The normalized spacial score (nSPS) is 8.85. The first kappa shape index (κ1) is 14.1. The molecule has 0 amide bonds. The van der Waals surface area contributed by atoms with Gasteiger partial charge in [0.15, 0.2) is 0 Å². The predicted molar refractivity (Wildman–Crippen MR) is 67.1 cm³/mol. The first-order valence-corrected chi connectivity index (χ1v) is 13.8. The standard InChI is InChI=1S/C8H10O2.2HI.Ru/c9-6-7-10-8-4-2-1-3-5-8;;;/h1-5,9H,6-7H2;2*1H;/q;;;+2/p-2. The van der Waals surface area contributed by atoms with Gasteiger partial charge in [-0.05, 0) is 12.1 Å². The van der Waals surface area contributed by atoms with Crippen LogP contribution in [0.4, 0.5) is 0 Å². The van der Waals surface area contributed by atoms with E-state index >= 15 is 0 Å². The first-order valence-electron chi connectivity index (χ1n) is 3.49. The van der Waals surface area contributed by atoms with Crippen molar-refractivity contribution in [3.8, 4) is 5.75 Å². The van der Waals surface area contributed by atoms with Crippen LogP contribution < -0.4 is 4.74 Å². The maximum absolute atomic E-state index is 8.40. The molecule has 0 radical (unpaired) electrons. The van der Waals surface area contributed by atoms with Gasteiger partial charge in [-0.15, -0.1) is 0 Å². The summed E-state index contributed by atoms with van der Waals surface area (Å²) in [6.45, 7) is 0.429. The van der Waals surface area contributed by atoms with Crippen LogP contribution in [0.25, 0.3) is 0 Å². The second kappa shape index (κ2) is 11.1. The van der Waals surface area contributed by atoms with Gasteiger partial charge in [0.2, 0.25) is 0 Å². The van der Waals surface area contributed by atoms with E-state index in [1.165, 1.54) is 0 Å². The molecule has 76 valence electrons. The molecule has 0 aliphatic carbocycles. The summed E-state index contributed by atoms with van der Waals surface area (Å²) in [5.41, 5.74) is 0. The third-order valence-corrected chi connectivity index (χ3v) is 1.10. The van der Waals surface area contributed by atoms with Gasteiger partial charge in [0.05, 0.1) is 6.61 Å². The summed E-state index contributed by atoms with van der Waals surface area (Å²) < 4.78 is 5.11. The molecule has 1 N–H and O–H groups in total. The average Bonchev–Trinajstić information content (AvgIpc) is 2.18. The van der Waals surface area contributed by atoms with Gasteiger partial charge in [0.1, 0.15) is 12.4 Å². The molecule has 5 heteroatoms. The van der Waals surface area contributed by atoms with E-state index in [4.69, 9.17) is 9.84 Å². The Morgan fingerprint density at radius 3 is 2.23 bits per heavy atom. The third kappa shape index (κ3) is 9.37. The Kier molecular flexibility index (Phi) is 12.1. The number of para-hydroxylation sites is 1. The molecule has 0 fully saturated rings. The van der Waals surface area contributed by atoms with Crippen LogP contribution in [0.5, 0.6) is 5.75 Å². The van der Waals surface area contributed by atoms with E-state index < -0.39 is 0 Å². The molecule has 1 rings (SSSR count). The van der Waals surface area contributed by atoms with Gasteiger partial charge >= 0.3 is 49.6 Å². The number of aliphatic hydroxyl groups is 1. The van der Waals surface area contributed by atoms with E-state index in [2.05, 4.69) is 39.5 Å². The number of hydrogen-bond acceptors (Lipinski definition) is 2. The third-order valence-electron chi connectivity index (χ3n) is 1.10. The fraction of sp³-hybridized carbons (Fsp3) is 0.250. The summed E-state index contributed by atoms with van der Waals surface area (Å²) >= 11 is 4.73. The van der Waals surface area contributed by atoms with Crippen LogP contribution in [0, 0.1) is 0 Å². The predicted octanol–water partition coefficient (Wildman–Crippen LogP) is 2.83. The van der Waals surface area contributed by atoms with E-state index in [-0.39, 0.29) is 6.61 Å². The Morgan fingerprint density at radius 2 is 1.77 bits per heavy atom. The summed E-state index contributed by atoms with van der Waals surface area (Å²) in [5.74, 6) is 0.802. The van der Waals surface area contributed by atoms with E-state index in [0.29, 0.717) is 16.7 Å². The van der Waals surface area contributed by atoms with Crippen molar-refractivity contribution in [1.82, 2.24) is 0 Å². The molecule has 0 saturated heterocycles. The van der Waals surface area contributed by atoms with Crippen LogP contribution in [-0.2, 0) is 10.1 Å². The molecule has 0 bridgehead atoms. The quantitative estimate of drug-likeness (QED) is 0.519. The van der Waals surface area contributed by atoms with Crippen molar-refractivity contribution in [3.63, 3.8) is 0 Å². The summed E-state index contributed by atoms with van der Waals surface area (Å²) in [7, 11) is 0.650. The van der Waals surface area contributed by atoms with Crippen molar-refractivity contribution in [2.45, 2.75) is 0 Å². The van der Waals surface area contributed by atoms with Crippen LogP contribution in [0.1, 0.15) is 0 Å². The molecular weight excluding hydrogens is 483 g/mol. The van der Waals surface area contributed by atoms with Crippen LogP contribution in [0.15, 0.2) is 30.3 Å². The zero-order valence-corrected chi connectivity index (χ0v) is 12.8. The fourth-order valence-corrected chi connectivity index (χ4v) is 0.680. The molecule has 0 saturated carbocycles. The molecule has 0 heterocycles. The zero-order chi connectivity index (χ0) is 9.94. The molecule has 13 heavy (non-hydrogen) atoms. The summed E-state index contributed by atoms with van der Waals surface area (Å²) in [4.78, 5) is 0. The second-order valence-corrected chi connectivity index (χ2v) is 15.3. The number of benzene rings is 1. The molecule has 0 aromatic heterocycles. The summed E-state index contributed by atoms with van der Waals surface area (Å²) in [5, 5.41) is 8.40. The minimum atomic E-state index is 0.0644. The summed E-state index contributed by atoms with van der Waals surface area (Å²) in [6, 6.07) is 9.43. The SMILES string of the molecule is OCCOc1ccccc1.[I][Ru][I]. The van der Waals surface area contributed by atoms with Gasteiger partial charge in [-0.3, -0.25) is 0 Å². The van der Waals surface area contributed by atoms with E-state index in [1.807, 2.05) is 30.3 Å². The fourth-order valence-electron chi connectivity index (χ4n) is 0.680. The van der Waals surface area contributed by atoms with E-state index in [0.717, 1.165) is 5.75 Å². The number of hydrogen-bond donors (Lipinski definition) is 1. The summed E-state index contributed by atoms with van der Waals surface area (Å²) in [6.07, 6.45) is 0. The molecule has 1 aromatic carbocycles. The number of rotatable bonds is 3. The van der Waals surface area contributed by atoms with Crippen LogP contribution in [0.3, 0.4) is 0 Å². The van der Waals surface area contributed by atoms with Gasteiger partial charge in [-0.1, -0.05) is 18.2 Å². The average molecular weight is 493 g/mol. The van der Waals surface area contributed by atoms with Crippen LogP contribution in [0.2, 0.25) is 0 Å². The molecule has 0 aliphatic heterocycles. The van der Waals surface area contributed by atoms with Crippen molar-refractivity contribution in [2.75, 3.05) is 13.2 Å². The molecule has 0 unspecified atom stereocenters. The topological polar surface area (TPSA) is 29.5 Å². The Balaban J connectivity index is 0.000000424. The van der Waals surface area contributed by atoms with Crippen molar-refractivity contribution >= 4 is 39.5 Å². The molecular formula is C8H10I2O2Ru. The first-order chi connectivity index (χ1) is 6.35. The van der Waals surface area contributed by atoms with Crippen molar-refractivity contribution in [2.24, 2.45) is 0 Å². The van der Waals surface area contributed by atoms with Gasteiger partial charge < -0.3 is 9.84 Å². The van der Waals surface area contributed by atoms with Gasteiger partial charge in [-0.2, -0.15) is 0 Å². The van der Waals surface area contributed by atoms with Crippen molar-refractivity contribution < 1.29 is 19.9 Å². The Morgan fingerprint density at radius 1 is 1.23 bits per heavy atom. The Bertz CT molecular complexity index is 197. The van der Waals surface area contributed by atoms with Gasteiger partial charge in [-0.25, -0.2) is 0 Å². The number of ether oxygens (including phenoxy) is 1. The monoisotopic (exact) mass is 494 g/mol. The molecule has 0 aliphatic rings. The molecule has 0 atom stereocenters. The second-order valence-electron chi connectivity index (χ2n) is 1.94. The van der Waals surface area contributed by atoms with Gasteiger partial charge in [0.25, 0.3) is 0 Å². The zero-order valence-electron chi connectivity index (χ0n) is 6.77. The molecule has 0 spiro atoms. The molecule has 1 aromatic rings. The van der Waals surface area contributed by atoms with E-state index in [9.17, 15) is 0 Å². The van der Waals surface area contributed by atoms with Crippen molar-refractivity contribution in [3.05, 3.63) is 30.3 Å². The number of aliphatic hydroxyl groups excluding tert-OH is 1. The van der Waals surface area contributed by atoms with E-state index in [1.54, 1.807) is 0 Å². The van der Waals surface area contributed by atoms with Crippen LogP contribution >= 0.6 is 39.5 Å². The minimum absolute atomic E-state index is 0.0644. The maximum atomic E-state index is 8.40. The van der Waals surface area contributed by atoms with Crippen molar-refractivity contribution in [1.29, 1.82) is 0 Å². The number of halogens is 2.